The Kier molecular flexibility index (Phi) is 2.45. The average Bonchev–Trinajstić information content (AvgIpc) is 2.17. The Morgan fingerprint density at radius 3 is 2.78 bits per heavy atom. The van der Waals surface area contributed by atoms with Gasteiger partial charge in [-0.3, -0.25) is 4.90 Å². The monoisotopic (exact) mass is 131 g/mol. The zero-order chi connectivity index (χ0) is 6.69. The maximum Gasteiger partial charge on any atom is 0.0679 e. The summed E-state index contributed by atoms with van der Waals surface area (Å²) in [5, 5.41) is 17.5. The Labute approximate surface area is 54.9 Å². The van der Waals surface area contributed by atoms with E-state index in [-0.39, 0.29) is 12.7 Å². The number of aliphatic hydroxyl groups is 2. The maximum absolute atomic E-state index is 9.00. The second-order valence-electron chi connectivity index (χ2n) is 2.47. The minimum Gasteiger partial charge on any atom is -0.395 e. The van der Waals surface area contributed by atoms with Crippen LogP contribution in [-0.2, 0) is 0 Å². The SMILES string of the molecule is OCCN1CC[C@H](O)C1. The van der Waals surface area contributed by atoms with E-state index in [0.717, 1.165) is 19.5 Å². The number of hydrogen-bond acceptors (Lipinski definition) is 3. The lowest BCUT2D eigenvalue weighted by Crippen LogP contribution is -2.25. The van der Waals surface area contributed by atoms with Crippen LogP contribution in [0.3, 0.4) is 0 Å². The zero-order valence-corrected chi connectivity index (χ0v) is 5.45. The molecule has 0 aromatic carbocycles. The van der Waals surface area contributed by atoms with Crippen molar-refractivity contribution < 1.29 is 10.2 Å². The lowest BCUT2D eigenvalue weighted by molar-refractivity contribution is 0.164. The fraction of sp³-hybridized carbons (Fsp3) is 1.00. The van der Waals surface area contributed by atoms with Crippen molar-refractivity contribution in [1.29, 1.82) is 0 Å². The molecule has 0 saturated carbocycles. The molecule has 1 saturated heterocycles. The van der Waals surface area contributed by atoms with Gasteiger partial charge in [0.1, 0.15) is 0 Å². The van der Waals surface area contributed by atoms with Crippen LogP contribution < -0.4 is 0 Å². The second-order valence-corrected chi connectivity index (χ2v) is 2.47. The summed E-state index contributed by atoms with van der Waals surface area (Å²) in [6, 6.07) is 0. The molecule has 1 heterocycles. The van der Waals surface area contributed by atoms with Crippen LogP contribution >= 0.6 is 0 Å². The Bertz CT molecular complexity index is 85.1. The Hall–Kier alpha value is -0.120. The van der Waals surface area contributed by atoms with Gasteiger partial charge in [-0.2, -0.15) is 0 Å². The highest BCUT2D eigenvalue weighted by atomic mass is 16.3. The predicted molar refractivity (Wildman–Crippen MR) is 34.1 cm³/mol. The Morgan fingerprint density at radius 1 is 1.56 bits per heavy atom. The average molecular weight is 131 g/mol. The van der Waals surface area contributed by atoms with Crippen LogP contribution in [0.4, 0.5) is 0 Å². The van der Waals surface area contributed by atoms with Gasteiger partial charge in [0.2, 0.25) is 0 Å². The van der Waals surface area contributed by atoms with E-state index >= 15 is 0 Å². The third-order valence-corrected chi connectivity index (χ3v) is 1.66. The number of likely N-dealkylation sites (tertiary alicyclic amines) is 1. The van der Waals surface area contributed by atoms with E-state index in [1.165, 1.54) is 0 Å². The van der Waals surface area contributed by atoms with Gasteiger partial charge in [0.15, 0.2) is 0 Å². The molecule has 0 unspecified atom stereocenters. The molecular weight excluding hydrogens is 118 g/mol. The molecule has 54 valence electrons. The van der Waals surface area contributed by atoms with E-state index in [1.54, 1.807) is 0 Å². The molecule has 1 atom stereocenters. The summed E-state index contributed by atoms with van der Waals surface area (Å²) in [7, 11) is 0. The molecule has 0 radical (unpaired) electrons. The van der Waals surface area contributed by atoms with Crippen molar-refractivity contribution >= 4 is 0 Å². The predicted octanol–water partition coefficient (Wildman–Crippen LogP) is -0.955. The molecule has 3 heteroatoms. The number of β-amino-alcohol motifs (C(OH)–C–C–N with tert-alkyl or cyclic N) is 2. The van der Waals surface area contributed by atoms with Crippen LogP contribution in [0.2, 0.25) is 0 Å². The topological polar surface area (TPSA) is 43.7 Å². The third-order valence-electron chi connectivity index (χ3n) is 1.66. The molecule has 1 fully saturated rings. The van der Waals surface area contributed by atoms with Crippen molar-refractivity contribution in [2.75, 3.05) is 26.2 Å². The standard InChI is InChI=1S/C6H13NO2/c8-4-3-7-2-1-6(9)5-7/h6,8-9H,1-5H2/t6-/m0/s1. The van der Waals surface area contributed by atoms with Crippen molar-refractivity contribution in [2.24, 2.45) is 0 Å². The van der Waals surface area contributed by atoms with Crippen molar-refractivity contribution in [1.82, 2.24) is 4.90 Å². The minimum atomic E-state index is -0.156. The summed E-state index contributed by atoms with van der Waals surface area (Å²) in [6.45, 7) is 2.58. The van der Waals surface area contributed by atoms with Gasteiger partial charge in [0, 0.05) is 19.6 Å². The van der Waals surface area contributed by atoms with E-state index in [4.69, 9.17) is 10.2 Å². The first kappa shape index (κ1) is 6.99. The fourth-order valence-corrected chi connectivity index (χ4v) is 1.16. The van der Waals surface area contributed by atoms with Crippen LogP contribution in [0.15, 0.2) is 0 Å². The van der Waals surface area contributed by atoms with Crippen LogP contribution in [-0.4, -0.2) is 47.5 Å². The van der Waals surface area contributed by atoms with Crippen LogP contribution in [0.25, 0.3) is 0 Å². The molecule has 0 bridgehead atoms. The van der Waals surface area contributed by atoms with Gasteiger partial charge in [0.05, 0.1) is 12.7 Å². The lowest BCUT2D eigenvalue weighted by Gasteiger charge is -2.11. The van der Waals surface area contributed by atoms with E-state index < -0.39 is 0 Å². The molecule has 2 N–H and O–H groups in total. The largest absolute Gasteiger partial charge is 0.395 e. The quantitative estimate of drug-likeness (QED) is 0.507. The van der Waals surface area contributed by atoms with Gasteiger partial charge in [-0.15, -0.1) is 0 Å². The van der Waals surface area contributed by atoms with Gasteiger partial charge < -0.3 is 10.2 Å². The Balaban J connectivity index is 2.14. The highest BCUT2D eigenvalue weighted by molar-refractivity contribution is 4.73. The summed E-state index contributed by atoms with van der Waals surface area (Å²) >= 11 is 0. The first-order chi connectivity index (χ1) is 4.33. The van der Waals surface area contributed by atoms with Gasteiger partial charge >= 0.3 is 0 Å². The lowest BCUT2D eigenvalue weighted by atomic mass is 10.3. The molecule has 0 amide bonds. The van der Waals surface area contributed by atoms with Gasteiger partial charge in [-0.1, -0.05) is 0 Å². The third kappa shape index (κ3) is 1.93. The molecular formula is C6H13NO2. The van der Waals surface area contributed by atoms with Crippen LogP contribution in [0, 0.1) is 0 Å². The number of rotatable bonds is 2. The highest BCUT2D eigenvalue weighted by Gasteiger charge is 2.18. The molecule has 0 spiro atoms. The van der Waals surface area contributed by atoms with Crippen LogP contribution in [0.1, 0.15) is 6.42 Å². The molecule has 1 aliphatic rings. The first-order valence-corrected chi connectivity index (χ1v) is 3.34. The second kappa shape index (κ2) is 3.15. The summed E-state index contributed by atoms with van der Waals surface area (Å²) in [4.78, 5) is 2.06. The Morgan fingerprint density at radius 2 is 2.33 bits per heavy atom. The minimum absolute atomic E-state index is 0.156. The number of hydrogen-bond donors (Lipinski definition) is 2. The summed E-state index contributed by atoms with van der Waals surface area (Å²) in [6.07, 6.45) is 0.705. The molecule has 1 rings (SSSR count). The first-order valence-electron chi connectivity index (χ1n) is 3.34. The van der Waals surface area contributed by atoms with Crippen molar-refractivity contribution in [2.45, 2.75) is 12.5 Å². The molecule has 1 aliphatic heterocycles. The molecule has 3 nitrogen and oxygen atoms in total. The summed E-state index contributed by atoms with van der Waals surface area (Å²) < 4.78 is 0. The normalized spacial score (nSPS) is 29.3. The highest BCUT2D eigenvalue weighted by Crippen LogP contribution is 2.06. The van der Waals surface area contributed by atoms with Gasteiger partial charge in [-0.05, 0) is 6.42 Å². The van der Waals surface area contributed by atoms with Crippen molar-refractivity contribution in [3.8, 4) is 0 Å². The molecule has 9 heavy (non-hydrogen) atoms. The molecule has 0 aliphatic carbocycles. The maximum atomic E-state index is 9.00. The van der Waals surface area contributed by atoms with Gasteiger partial charge in [-0.25, -0.2) is 0 Å². The van der Waals surface area contributed by atoms with E-state index in [0.29, 0.717) is 6.54 Å². The van der Waals surface area contributed by atoms with Crippen molar-refractivity contribution in [3.05, 3.63) is 0 Å². The van der Waals surface area contributed by atoms with E-state index in [1.807, 2.05) is 0 Å². The van der Waals surface area contributed by atoms with Gasteiger partial charge in [0.25, 0.3) is 0 Å². The van der Waals surface area contributed by atoms with E-state index in [9.17, 15) is 0 Å². The van der Waals surface area contributed by atoms with E-state index in [2.05, 4.69) is 4.90 Å². The smallest absolute Gasteiger partial charge is 0.0679 e. The summed E-state index contributed by atoms with van der Waals surface area (Å²) in [5.41, 5.74) is 0. The molecule has 0 aromatic rings. The van der Waals surface area contributed by atoms with Crippen LogP contribution in [0.5, 0.6) is 0 Å². The molecule has 0 aromatic heterocycles. The zero-order valence-electron chi connectivity index (χ0n) is 5.45. The summed E-state index contributed by atoms with van der Waals surface area (Å²) in [5.74, 6) is 0. The van der Waals surface area contributed by atoms with Crippen molar-refractivity contribution in [3.63, 3.8) is 0 Å². The number of aliphatic hydroxyl groups excluding tert-OH is 2. The number of nitrogens with zero attached hydrogens (tertiary/aromatic N) is 1. The fourth-order valence-electron chi connectivity index (χ4n) is 1.16.